The van der Waals surface area contributed by atoms with Gasteiger partial charge in [-0.1, -0.05) is 54.9 Å². The lowest BCUT2D eigenvalue weighted by molar-refractivity contribution is -0.0589. The number of nitrogens with zero attached hydrogens (tertiary/aromatic N) is 2. The molecule has 0 amide bonds. The van der Waals surface area contributed by atoms with Gasteiger partial charge in [-0.3, -0.25) is 5.10 Å². The maximum atomic E-state index is 13.7. The molecule has 0 fully saturated rings. The second kappa shape index (κ2) is 9.19. The van der Waals surface area contributed by atoms with Crippen LogP contribution in [0, 0.1) is 5.92 Å². The molecule has 2 N–H and O–H groups in total. The average Bonchev–Trinajstić information content (AvgIpc) is 3.11. The second-order valence-electron chi connectivity index (χ2n) is 6.37. The Morgan fingerprint density at radius 1 is 1.29 bits per heavy atom. The normalized spacial score (nSPS) is 16.8. The number of thioether (sulfide) groups is 1. The summed E-state index contributed by atoms with van der Waals surface area (Å²) in [5, 5.41) is 13.1. The second-order valence-corrected chi connectivity index (χ2v) is 8.60. The molecule has 1 heterocycles. The van der Waals surface area contributed by atoms with Crippen LogP contribution in [0.2, 0.25) is 10.0 Å². The highest BCUT2D eigenvalue weighted by Gasteiger charge is 2.49. The van der Waals surface area contributed by atoms with Gasteiger partial charge in [0.25, 0.3) is 0 Å². The van der Waals surface area contributed by atoms with Crippen LogP contribution in [0.3, 0.4) is 0 Å². The van der Waals surface area contributed by atoms with Crippen molar-refractivity contribution >= 4 is 35.0 Å². The summed E-state index contributed by atoms with van der Waals surface area (Å²) in [4.78, 5) is 3.97. The molecule has 0 radical (unpaired) electrons. The van der Waals surface area contributed by atoms with Crippen molar-refractivity contribution in [2.75, 3.05) is 0 Å². The van der Waals surface area contributed by atoms with E-state index in [-0.39, 0.29) is 35.2 Å². The fourth-order valence-corrected chi connectivity index (χ4v) is 4.69. The van der Waals surface area contributed by atoms with Crippen molar-refractivity contribution in [2.45, 2.75) is 49.2 Å². The summed E-state index contributed by atoms with van der Waals surface area (Å²) in [5.41, 5.74) is -1.55. The molecular formula is C17H19Cl2F4N3OS. The van der Waals surface area contributed by atoms with Gasteiger partial charge in [-0.2, -0.15) is 13.9 Å². The van der Waals surface area contributed by atoms with Gasteiger partial charge in [-0.15, -0.1) is 0 Å². The first-order chi connectivity index (χ1) is 13.0. The highest BCUT2D eigenvalue weighted by atomic mass is 35.5. The fraction of sp³-hybridized carbons (Fsp3) is 0.529. The highest BCUT2D eigenvalue weighted by Crippen LogP contribution is 2.47. The van der Waals surface area contributed by atoms with Crippen LogP contribution in [0.1, 0.15) is 31.7 Å². The number of halogens is 6. The van der Waals surface area contributed by atoms with Gasteiger partial charge in [0, 0.05) is 33.2 Å². The van der Waals surface area contributed by atoms with Crippen LogP contribution < -0.4 is 0 Å². The van der Waals surface area contributed by atoms with Crippen molar-refractivity contribution in [1.29, 1.82) is 0 Å². The van der Waals surface area contributed by atoms with E-state index in [0.29, 0.717) is 10.8 Å². The van der Waals surface area contributed by atoms with Gasteiger partial charge in [0.05, 0.1) is 0 Å². The van der Waals surface area contributed by atoms with Crippen molar-refractivity contribution in [1.82, 2.24) is 15.2 Å². The van der Waals surface area contributed by atoms with Crippen LogP contribution in [0.5, 0.6) is 0 Å². The van der Waals surface area contributed by atoms with E-state index in [1.165, 1.54) is 31.5 Å². The molecule has 0 bridgehead atoms. The average molecular weight is 460 g/mol. The lowest BCUT2D eigenvalue weighted by atomic mass is 9.77. The molecule has 0 aliphatic heterocycles. The molecule has 2 aromatic rings. The van der Waals surface area contributed by atoms with E-state index in [1.54, 1.807) is 6.92 Å². The van der Waals surface area contributed by atoms with Crippen LogP contribution in [-0.4, -0.2) is 37.2 Å². The maximum absolute atomic E-state index is 13.7. The molecule has 3 unspecified atom stereocenters. The first-order valence-corrected chi connectivity index (χ1v) is 10.0. The Hall–Kier alpha value is -1.03. The number of nitrogens with one attached hydrogen (secondary N) is 1. The van der Waals surface area contributed by atoms with Gasteiger partial charge in [-0.25, -0.2) is 13.8 Å². The van der Waals surface area contributed by atoms with Crippen molar-refractivity contribution in [2.24, 2.45) is 5.92 Å². The molecule has 4 nitrogen and oxygen atoms in total. The largest absolute Gasteiger partial charge is 0.384 e. The van der Waals surface area contributed by atoms with E-state index in [0.717, 1.165) is 0 Å². The lowest BCUT2D eigenvalue weighted by Crippen LogP contribution is -2.43. The molecule has 28 heavy (non-hydrogen) atoms. The van der Waals surface area contributed by atoms with E-state index in [9.17, 15) is 22.7 Å². The van der Waals surface area contributed by atoms with Crippen molar-refractivity contribution in [3.63, 3.8) is 0 Å². The fourth-order valence-electron chi connectivity index (χ4n) is 3.01. The SMILES string of the molecule is CCC(SC(F)(F)C(F)F)C(C)C(O)(Cc1ncn[nH]1)c1ccc(Cl)cc1Cl. The van der Waals surface area contributed by atoms with Gasteiger partial charge < -0.3 is 5.11 Å². The molecule has 0 aliphatic carbocycles. The third-order valence-electron chi connectivity index (χ3n) is 4.58. The van der Waals surface area contributed by atoms with Crippen LogP contribution in [0.15, 0.2) is 24.5 Å². The zero-order valence-electron chi connectivity index (χ0n) is 15.0. The summed E-state index contributed by atoms with van der Waals surface area (Å²) in [5.74, 6) is -0.600. The predicted octanol–water partition coefficient (Wildman–Crippen LogP) is 5.55. The van der Waals surface area contributed by atoms with Gasteiger partial charge >= 0.3 is 11.7 Å². The molecule has 0 saturated heterocycles. The molecule has 11 heteroatoms. The number of H-pyrrole nitrogens is 1. The van der Waals surface area contributed by atoms with Gasteiger partial charge in [0.1, 0.15) is 17.8 Å². The molecule has 156 valence electrons. The Balaban J connectivity index is 2.47. The first kappa shape index (κ1) is 23.3. The molecule has 3 atom stereocenters. The minimum atomic E-state index is -4.24. The molecule has 0 spiro atoms. The van der Waals surface area contributed by atoms with Crippen LogP contribution in [-0.2, 0) is 12.0 Å². The number of alkyl halides is 4. The Bertz CT molecular complexity index is 782. The topological polar surface area (TPSA) is 61.8 Å². The minimum Gasteiger partial charge on any atom is -0.384 e. The van der Waals surface area contributed by atoms with E-state index in [1.807, 2.05) is 0 Å². The van der Waals surface area contributed by atoms with E-state index < -0.39 is 28.4 Å². The summed E-state index contributed by atoms with van der Waals surface area (Å²) in [6.45, 7) is 3.11. The van der Waals surface area contributed by atoms with E-state index >= 15 is 0 Å². The van der Waals surface area contributed by atoms with Crippen molar-refractivity contribution in [3.8, 4) is 0 Å². The standard InChI is InChI=1S/C17H19Cl2F4N3OS/c1-3-13(28-17(22,23)15(20)21)9(2)16(27,7-14-24-8-25-26-14)11-5-4-10(18)6-12(11)19/h4-6,8-9,13,15,27H,3,7H2,1-2H3,(H,24,25,26). The summed E-state index contributed by atoms with van der Waals surface area (Å²) >= 11 is 12.0. The van der Waals surface area contributed by atoms with Gasteiger partial charge in [0.15, 0.2) is 0 Å². The highest BCUT2D eigenvalue weighted by molar-refractivity contribution is 8.01. The number of aromatic amines is 1. The monoisotopic (exact) mass is 459 g/mol. The van der Waals surface area contributed by atoms with Crippen molar-refractivity contribution < 1.29 is 22.7 Å². The third kappa shape index (κ3) is 5.11. The van der Waals surface area contributed by atoms with Gasteiger partial charge in [-0.05, 0) is 18.6 Å². The lowest BCUT2D eigenvalue weighted by Gasteiger charge is -2.39. The summed E-state index contributed by atoms with van der Waals surface area (Å²) in [6.07, 6.45) is -2.59. The Labute approximate surface area is 174 Å². The molecule has 0 saturated carbocycles. The van der Waals surface area contributed by atoms with Crippen LogP contribution in [0.4, 0.5) is 17.6 Å². The zero-order chi connectivity index (χ0) is 21.1. The maximum Gasteiger partial charge on any atom is 0.353 e. The summed E-state index contributed by atoms with van der Waals surface area (Å²) in [6, 6.07) is 4.40. The Morgan fingerprint density at radius 2 is 1.96 bits per heavy atom. The smallest absolute Gasteiger partial charge is 0.353 e. The van der Waals surface area contributed by atoms with Crippen LogP contribution >= 0.6 is 35.0 Å². The number of benzene rings is 1. The number of hydrogen-bond acceptors (Lipinski definition) is 4. The minimum absolute atomic E-state index is 0.123. The third-order valence-corrected chi connectivity index (χ3v) is 6.66. The quantitative estimate of drug-likeness (QED) is 0.482. The van der Waals surface area contributed by atoms with Gasteiger partial charge in [0.2, 0.25) is 0 Å². The molecular weight excluding hydrogens is 441 g/mol. The number of aromatic nitrogens is 3. The van der Waals surface area contributed by atoms with Crippen LogP contribution in [0.25, 0.3) is 0 Å². The number of aliphatic hydroxyl groups is 1. The van der Waals surface area contributed by atoms with E-state index in [4.69, 9.17) is 23.2 Å². The Morgan fingerprint density at radius 3 is 2.46 bits per heavy atom. The first-order valence-electron chi connectivity index (χ1n) is 8.37. The summed E-state index contributed by atoms with van der Waals surface area (Å²) in [7, 11) is 0. The molecule has 0 aliphatic rings. The predicted molar refractivity (Wildman–Crippen MR) is 102 cm³/mol. The number of hydrogen-bond donors (Lipinski definition) is 2. The molecule has 1 aromatic heterocycles. The Kier molecular flexibility index (Phi) is 7.63. The zero-order valence-corrected chi connectivity index (χ0v) is 17.3. The van der Waals surface area contributed by atoms with E-state index in [2.05, 4.69) is 15.2 Å². The molecule has 1 aromatic carbocycles. The molecule has 2 rings (SSSR count). The van der Waals surface area contributed by atoms with Crippen molar-refractivity contribution in [3.05, 3.63) is 46.0 Å². The number of rotatable bonds is 9. The summed E-state index contributed by atoms with van der Waals surface area (Å²) < 4.78 is 52.8.